The summed E-state index contributed by atoms with van der Waals surface area (Å²) >= 11 is 1.38. The van der Waals surface area contributed by atoms with E-state index in [4.69, 9.17) is 4.74 Å². The van der Waals surface area contributed by atoms with Crippen molar-refractivity contribution in [2.24, 2.45) is 7.05 Å². The molecule has 31 heavy (non-hydrogen) atoms. The molecule has 1 aromatic heterocycles. The number of amides is 1. The van der Waals surface area contributed by atoms with Gasteiger partial charge in [0.15, 0.2) is 11.0 Å². The fraction of sp³-hybridized carbons (Fsp3) is 0.375. The van der Waals surface area contributed by atoms with E-state index in [1.54, 1.807) is 0 Å². The summed E-state index contributed by atoms with van der Waals surface area (Å²) in [6.07, 6.45) is 6.02. The van der Waals surface area contributed by atoms with Gasteiger partial charge in [-0.3, -0.25) is 4.79 Å². The van der Waals surface area contributed by atoms with Gasteiger partial charge in [-0.05, 0) is 68.0 Å². The van der Waals surface area contributed by atoms with E-state index < -0.39 is 0 Å². The van der Waals surface area contributed by atoms with Gasteiger partial charge < -0.3 is 14.6 Å². The van der Waals surface area contributed by atoms with Crippen molar-refractivity contribution in [3.63, 3.8) is 0 Å². The van der Waals surface area contributed by atoms with E-state index >= 15 is 0 Å². The van der Waals surface area contributed by atoms with Gasteiger partial charge in [-0.15, -0.1) is 10.2 Å². The number of para-hydroxylation sites is 1. The second-order valence-corrected chi connectivity index (χ2v) is 8.70. The quantitative estimate of drug-likeness (QED) is 0.498. The lowest BCUT2D eigenvalue weighted by molar-refractivity contribution is -0.113. The number of carbonyl (C=O) groups is 1. The third kappa shape index (κ3) is 5.28. The summed E-state index contributed by atoms with van der Waals surface area (Å²) in [6, 6.07) is 15.9. The lowest BCUT2D eigenvalue weighted by Gasteiger charge is -2.13. The van der Waals surface area contributed by atoms with E-state index in [2.05, 4.69) is 22.4 Å². The van der Waals surface area contributed by atoms with Crippen LogP contribution < -0.4 is 10.1 Å². The molecule has 0 aliphatic heterocycles. The molecule has 1 aliphatic carbocycles. The molecule has 0 spiro atoms. The number of hydrogen-bond donors (Lipinski definition) is 1. The van der Waals surface area contributed by atoms with Crippen molar-refractivity contribution in [2.75, 3.05) is 11.1 Å². The van der Waals surface area contributed by atoms with Gasteiger partial charge in [-0.25, -0.2) is 0 Å². The van der Waals surface area contributed by atoms with Gasteiger partial charge in [0.1, 0.15) is 5.75 Å². The van der Waals surface area contributed by atoms with Crippen LogP contribution in [-0.2, 0) is 18.3 Å². The zero-order valence-corrected chi connectivity index (χ0v) is 18.8. The van der Waals surface area contributed by atoms with Crippen LogP contribution in [0.1, 0.15) is 38.2 Å². The number of carbonyl (C=O) groups excluding carboxylic acids is 1. The molecule has 1 saturated carbocycles. The van der Waals surface area contributed by atoms with Crippen LogP contribution in [0.2, 0.25) is 0 Å². The van der Waals surface area contributed by atoms with Gasteiger partial charge in [0, 0.05) is 18.3 Å². The predicted octanol–water partition coefficient (Wildman–Crippen LogP) is 5.10. The Morgan fingerprint density at radius 3 is 2.61 bits per heavy atom. The minimum absolute atomic E-state index is 0.0520. The molecule has 0 saturated heterocycles. The van der Waals surface area contributed by atoms with Crippen molar-refractivity contribution in [3.8, 4) is 17.1 Å². The highest BCUT2D eigenvalue weighted by Gasteiger charge is 2.17. The number of rotatable bonds is 8. The van der Waals surface area contributed by atoms with E-state index in [0.717, 1.165) is 47.7 Å². The topological polar surface area (TPSA) is 69.0 Å². The maximum Gasteiger partial charge on any atom is 0.234 e. The van der Waals surface area contributed by atoms with Crippen LogP contribution in [0, 0.1) is 0 Å². The van der Waals surface area contributed by atoms with Crippen LogP contribution in [0.15, 0.2) is 53.7 Å². The summed E-state index contributed by atoms with van der Waals surface area (Å²) in [6.45, 7) is 2.08. The summed E-state index contributed by atoms with van der Waals surface area (Å²) in [4.78, 5) is 12.4. The Morgan fingerprint density at radius 2 is 1.87 bits per heavy atom. The smallest absolute Gasteiger partial charge is 0.234 e. The third-order valence-corrected chi connectivity index (χ3v) is 6.58. The lowest BCUT2D eigenvalue weighted by Crippen LogP contribution is -2.15. The molecule has 3 aromatic rings. The fourth-order valence-electron chi connectivity index (χ4n) is 3.84. The molecule has 0 radical (unpaired) electrons. The van der Waals surface area contributed by atoms with Gasteiger partial charge in [-0.2, -0.15) is 0 Å². The van der Waals surface area contributed by atoms with Crippen molar-refractivity contribution in [3.05, 3.63) is 54.1 Å². The van der Waals surface area contributed by atoms with Gasteiger partial charge >= 0.3 is 0 Å². The minimum atomic E-state index is -0.0520. The summed E-state index contributed by atoms with van der Waals surface area (Å²) in [5.74, 6) is 1.89. The first-order valence-corrected chi connectivity index (χ1v) is 11.8. The fourth-order valence-corrected chi connectivity index (χ4v) is 4.55. The monoisotopic (exact) mass is 436 g/mol. The molecule has 0 unspecified atom stereocenters. The van der Waals surface area contributed by atoms with Crippen LogP contribution in [0.5, 0.6) is 5.75 Å². The number of benzene rings is 2. The molecule has 7 heteroatoms. The molecule has 0 atom stereocenters. The normalized spacial score (nSPS) is 14.0. The van der Waals surface area contributed by atoms with Crippen LogP contribution in [-0.4, -0.2) is 32.5 Å². The predicted molar refractivity (Wildman–Crippen MR) is 124 cm³/mol. The summed E-state index contributed by atoms with van der Waals surface area (Å²) < 4.78 is 7.96. The van der Waals surface area contributed by atoms with Crippen molar-refractivity contribution >= 4 is 23.4 Å². The van der Waals surface area contributed by atoms with Crippen molar-refractivity contribution < 1.29 is 9.53 Å². The van der Waals surface area contributed by atoms with Crippen LogP contribution in [0.3, 0.4) is 0 Å². The van der Waals surface area contributed by atoms with Crippen molar-refractivity contribution in [1.29, 1.82) is 0 Å². The van der Waals surface area contributed by atoms with Gasteiger partial charge in [0.25, 0.3) is 0 Å². The van der Waals surface area contributed by atoms with Crippen LogP contribution in [0.4, 0.5) is 5.69 Å². The standard InChI is InChI=1S/C24H28N4O2S/c1-3-17-8-4-7-11-21(17)25-22(29)16-31-24-27-26-23(28(24)2)18-12-14-20(15-13-18)30-19-9-5-6-10-19/h4,7-8,11-15,19H,3,5-6,9-10,16H2,1-2H3,(H,25,29). The van der Waals surface area contributed by atoms with Crippen LogP contribution >= 0.6 is 11.8 Å². The molecule has 1 N–H and O–H groups in total. The van der Waals surface area contributed by atoms with E-state index in [1.165, 1.54) is 24.6 Å². The SMILES string of the molecule is CCc1ccccc1NC(=O)CSc1nnc(-c2ccc(OC3CCCC3)cc2)n1C. The molecule has 1 aliphatic rings. The molecular formula is C24H28N4O2S. The molecule has 6 nitrogen and oxygen atoms in total. The number of nitrogens with zero attached hydrogens (tertiary/aromatic N) is 3. The Morgan fingerprint density at radius 1 is 1.13 bits per heavy atom. The first kappa shape index (κ1) is 21.4. The van der Waals surface area contributed by atoms with E-state index in [9.17, 15) is 4.79 Å². The number of aromatic nitrogens is 3. The lowest BCUT2D eigenvalue weighted by atomic mass is 10.1. The molecule has 0 bridgehead atoms. The third-order valence-electron chi connectivity index (χ3n) is 5.56. The minimum Gasteiger partial charge on any atom is -0.490 e. The Hall–Kier alpha value is -2.80. The summed E-state index contributed by atoms with van der Waals surface area (Å²) in [7, 11) is 1.92. The summed E-state index contributed by atoms with van der Waals surface area (Å²) in [5.41, 5.74) is 2.97. The second kappa shape index (κ2) is 10.0. The Kier molecular flexibility index (Phi) is 6.92. The zero-order valence-electron chi connectivity index (χ0n) is 18.0. The summed E-state index contributed by atoms with van der Waals surface area (Å²) in [5, 5.41) is 12.3. The number of anilines is 1. The highest BCUT2D eigenvalue weighted by atomic mass is 32.2. The van der Waals surface area contributed by atoms with Crippen molar-refractivity contribution in [2.45, 2.75) is 50.3 Å². The Balaban J connectivity index is 1.36. The highest BCUT2D eigenvalue weighted by molar-refractivity contribution is 7.99. The Labute approximate surface area is 187 Å². The van der Waals surface area contributed by atoms with E-state index in [-0.39, 0.29) is 11.7 Å². The van der Waals surface area contributed by atoms with Gasteiger partial charge in [0.05, 0.1) is 11.9 Å². The van der Waals surface area contributed by atoms with Gasteiger partial charge in [0.2, 0.25) is 5.91 Å². The number of hydrogen-bond acceptors (Lipinski definition) is 5. The number of aryl methyl sites for hydroxylation is 1. The molecule has 2 aromatic carbocycles. The molecule has 4 rings (SSSR count). The molecule has 1 heterocycles. The van der Waals surface area contributed by atoms with Gasteiger partial charge in [-0.1, -0.05) is 36.9 Å². The van der Waals surface area contributed by atoms with E-state index in [1.807, 2.05) is 60.1 Å². The molecule has 1 fully saturated rings. The van der Waals surface area contributed by atoms with E-state index in [0.29, 0.717) is 11.3 Å². The first-order chi connectivity index (χ1) is 15.1. The molecule has 1 amide bonds. The highest BCUT2D eigenvalue weighted by Crippen LogP contribution is 2.27. The van der Waals surface area contributed by atoms with Crippen LogP contribution in [0.25, 0.3) is 11.4 Å². The first-order valence-electron chi connectivity index (χ1n) is 10.8. The zero-order chi connectivity index (χ0) is 21.6. The largest absolute Gasteiger partial charge is 0.490 e. The molecular weight excluding hydrogens is 408 g/mol. The maximum absolute atomic E-state index is 12.4. The Bertz CT molecular complexity index is 1030. The number of ether oxygens (including phenoxy) is 1. The maximum atomic E-state index is 12.4. The number of nitrogens with one attached hydrogen (secondary N) is 1. The van der Waals surface area contributed by atoms with Crippen molar-refractivity contribution in [1.82, 2.24) is 14.8 Å². The number of thioether (sulfide) groups is 1. The second-order valence-electron chi connectivity index (χ2n) is 7.76. The molecule has 162 valence electrons. The average molecular weight is 437 g/mol. The average Bonchev–Trinajstić information content (AvgIpc) is 3.43.